The molecule has 0 bridgehead atoms. The Balaban J connectivity index is 1.83. The van der Waals surface area contributed by atoms with Gasteiger partial charge in [-0.05, 0) is 43.0 Å². The van der Waals surface area contributed by atoms with Crippen molar-refractivity contribution in [2.75, 3.05) is 13.1 Å². The highest BCUT2D eigenvalue weighted by molar-refractivity contribution is 5.45. The molecule has 0 saturated carbocycles. The van der Waals surface area contributed by atoms with Gasteiger partial charge in [0.05, 0.1) is 5.56 Å². The van der Waals surface area contributed by atoms with Gasteiger partial charge in [-0.25, -0.2) is 0 Å². The largest absolute Gasteiger partial charge is 0.507 e. The Kier molecular flexibility index (Phi) is 3.84. The molecule has 0 spiro atoms. The van der Waals surface area contributed by atoms with E-state index in [0.29, 0.717) is 5.56 Å². The molecule has 0 aliphatic carbocycles. The van der Waals surface area contributed by atoms with Crippen LogP contribution >= 0.6 is 0 Å². The van der Waals surface area contributed by atoms with Gasteiger partial charge in [0.1, 0.15) is 11.5 Å². The number of phenolic OH excluding ortho intramolecular Hbond substituents is 2. The van der Waals surface area contributed by atoms with Crippen molar-refractivity contribution in [3.8, 4) is 11.5 Å². The molecule has 1 unspecified atom stereocenters. The first kappa shape index (κ1) is 14.0. The summed E-state index contributed by atoms with van der Waals surface area (Å²) in [5.41, 5.74) is 3.45. The molecule has 0 saturated heterocycles. The van der Waals surface area contributed by atoms with Crippen molar-refractivity contribution in [1.82, 2.24) is 4.90 Å². The van der Waals surface area contributed by atoms with Crippen LogP contribution in [0, 0.1) is 0 Å². The van der Waals surface area contributed by atoms with Crippen molar-refractivity contribution in [3.05, 3.63) is 59.2 Å². The third-order valence-electron chi connectivity index (χ3n) is 4.48. The van der Waals surface area contributed by atoms with E-state index in [-0.39, 0.29) is 17.5 Å². The normalized spacial score (nSPS) is 17.0. The topological polar surface area (TPSA) is 43.7 Å². The standard InChI is InChI=1S/C18H21NO2/c1-13(18-16(20)7-4-8-17(18)21)19-11-9-14-5-2-3-6-15(14)10-12-19/h2-8,13,20-21H,9-12H2,1H3. The fourth-order valence-electron chi connectivity index (χ4n) is 3.22. The lowest BCUT2D eigenvalue weighted by atomic mass is 10.0. The van der Waals surface area contributed by atoms with Gasteiger partial charge >= 0.3 is 0 Å². The highest BCUT2D eigenvalue weighted by Gasteiger charge is 2.23. The van der Waals surface area contributed by atoms with Crippen LogP contribution in [0.4, 0.5) is 0 Å². The van der Waals surface area contributed by atoms with Crippen molar-refractivity contribution in [2.45, 2.75) is 25.8 Å². The zero-order valence-electron chi connectivity index (χ0n) is 12.3. The first-order chi connectivity index (χ1) is 10.2. The lowest BCUT2D eigenvalue weighted by Gasteiger charge is -2.28. The van der Waals surface area contributed by atoms with Crippen LogP contribution in [0.5, 0.6) is 11.5 Å². The van der Waals surface area contributed by atoms with Gasteiger partial charge in [0.25, 0.3) is 0 Å². The molecule has 110 valence electrons. The van der Waals surface area contributed by atoms with Gasteiger partial charge in [-0.2, -0.15) is 0 Å². The molecule has 1 heterocycles. The quantitative estimate of drug-likeness (QED) is 0.889. The van der Waals surface area contributed by atoms with Crippen LogP contribution in [0.2, 0.25) is 0 Å². The van der Waals surface area contributed by atoms with Crippen molar-refractivity contribution in [2.24, 2.45) is 0 Å². The van der Waals surface area contributed by atoms with Crippen molar-refractivity contribution in [1.29, 1.82) is 0 Å². The molecule has 1 aliphatic rings. The molecule has 0 radical (unpaired) electrons. The Morgan fingerprint density at radius 1 is 0.857 bits per heavy atom. The summed E-state index contributed by atoms with van der Waals surface area (Å²) in [6.07, 6.45) is 2.02. The highest BCUT2D eigenvalue weighted by atomic mass is 16.3. The minimum atomic E-state index is 0.000474. The number of nitrogens with zero attached hydrogens (tertiary/aromatic N) is 1. The summed E-state index contributed by atoms with van der Waals surface area (Å²) in [6, 6.07) is 13.5. The van der Waals surface area contributed by atoms with Gasteiger partial charge in [-0.1, -0.05) is 30.3 Å². The van der Waals surface area contributed by atoms with Crippen LogP contribution in [-0.2, 0) is 12.8 Å². The molecular formula is C18H21NO2. The molecule has 1 atom stereocenters. The highest BCUT2D eigenvalue weighted by Crippen LogP contribution is 2.36. The van der Waals surface area contributed by atoms with Gasteiger partial charge in [-0.3, -0.25) is 4.90 Å². The Hall–Kier alpha value is -2.00. The lowest BCUT2D eigenvalue weighted by Crippen LogP contribution is -2.29. The molecule has 3 nitrogen and oxygen atoms in total. The summed E-state index contributed by atoms with van der Waals surface area (Å²) < 4.78 is 0. The molecule has 0 amide bonds. The Morgan fingerprint density at radius 2 is 1.38 bits per heavy atom. The van der Waals surface area contributed by atoms with Gasteiger partial charge < -0.3 is 10.2 Å². The molecule has 2 aromatic rings. The van der Waals surface area contributed by atoms with Crippen molar-refractivity contribution in [3.63, 3.8) is 0 Å². The second-order valence-electron chi connectivity index (χ2n) is 5.69. The summed E-state index contributed by atoms with van der Waals surface area (Å²) in [4.78, 5) is 2.33. The van der Waals surface area contributed by atoms with E-state index in [1.165, 1.54) is 11.1 Å². The van der Waals surface area contributed by atoms with Crippen LogP contribution in [0.1, 0.15) is 29.7 Å². The number of aromatic hydroxyl groups is 2. The van der Waals surface area contributed by atoms with Crippen LogP contribution in [0.15, 0.2) is 42.5 Å². The number of hydrogen-bond acceptors (Lipinski definition) is 3. The molecule has 21 heavy (non-hydrogen) atoms. The van der Waals surface area contributed by atoms with E-state index in [9.17, 15) is 10.2 Å². The molecule has 3 rings (SSSR count). The minimum Gasteiger partial charge on any atom is -0.507 e. The molecule has 1 aliphatic heterocycles. The maximum absolute atomic E-state index is 10.0. The fourth-order valence-corrected chi connectivity index (χ4v) is 3.22. The summed E-state index contributed by atoms with van der Waals surface area (Å²) in [5, 5.41) is 20.1. The molecule has 0 aromatic heterocycles. The molecule has 0 fully saturated rings. The second kappa shape index (κ2) is 5.78. The van der Waals surface area contributed by atoms with E-state index in [4.69, 9.17) is 0 Å². The SMILES string of the molecule is CC(c1c(O)cccc1O)N1CCc2ccccc2CC1. The molecular weight excluding hydrogens is 262 g/mol. The van der Waals surface area contributed by atoms with Gasteiger partial charge in [0, 0.05) is 19.1 Å². The molecule has 2 N–H and O–H groups in total. The van der Waals surface area contributed by atoms with E-state index in [1.54, 1.807) is 18.2 Å². The Morgan fingerprint density at radius 3 is 1.90 bits per heavy atom. The van der Waals surface area contributed by atoms with Crippen LogP contribution in [0.25, 0.3) is 0 Å². The van der Waals surface area contributed by atoms with Crippen LogP contribution < -0.4 is 0 Å². The average molecular weight is 283 g/mol. The summed E-state index contributed by atoms with van der Waals surface area (Å²) >= 11 is 0. The smallest absolute Gasteiger partial charge is 0.124 e. The van der Waals surface area contributed by atoms with E-state index < -0.39 is 0 Å². The van der Waals surface area contributed by atoms with Crippen LogP contribution in [-0.4, -0.2) is 28.2 Å². The summed E-state index contributed by atoms with van der Waals surface area (Å²) in [5.74, 6) is 0.341. The molecule has 2 aromatic carbocycles. The second-order valence-corrected chi connectivity index (χ2v) is 5.69. The number of rotatable bonds is 2. The zero-order valence-corrected chi connectivity index (χ0v) is 12.3. The Bertz CT molecular complexity index is 592. The van der Waals surface area contributed by atoms with Crippen molar-refractivity contribution < 1.29 is 10.2 Å². The number of benzene rings is 2. The fraction of sp³-hybridized carbons (Fsp3) is 0.333. The van der Waals surface area contributed by atoms with Gasteiger partial charge in [0.15, 0.2) is 0 Å². The Labute approximate surface area is 125 Å². The van der Waals surface area contributed by atoms with E-state index in [1.807, 2.05) is 6.92 Å². The maximum Gasteiger partial charge on any atom is 0.124 e. The lowest BCUT2D eigenvalue weighted by molar-refractivity contribution is 0.213. The van der Waals surface area contributed by atoms with E-state index in [2.05, 4.69) is 29.2 Å². The van der Waals surface area contributed by atoms with E-state index in [0.717, 1.165) is 25.9 Å². The number of fused-ring (bicyclic) bond motifs is 1. The van der Waals surface area contributed by atoms with Gasteiger partial charge in [-0.15, -0.1) is 0 Å². The van der Waals surface area contributed by atoms with E-state index >= 15 is 0 Å². The zero-order chi connectivity index (χ0) is 14.8. The predicted octanol–water partition coefficient (Wildman–Crippen LogP) is 3.26. The average Bonchev–Trinajstić information content (AvgIpc) is 2.69. The summed E-state index contributed by atoms with van der Waals surface area (Å²) in [7, 11) is 0. The van der Waals surface area contributed by atoms with Crippen LogP contribution in [0.3, 0.4) is 0 Å². The first-order valence-corrected chi connectivity index (χ1v) is 7.48. The minimum absolute atomic E-state index is 0.000474. The molecule has 3 heteroatoms. The van der Waals surface area contributed by atoms with Crippen molar-refractivity contribution >= 4 is 0 Å². The third-order valence-corrected chi connectivity index (χ3v) is 4.48. The summed E-state index contributed by atoms with van der Waals surface area (Å²) in [6.45, 7) is 3.92. The number of hydrogen-bond donors (Lipinski definition) is 2. The number of phenols is 2. The first-order valence-electron chi connectivity index (χ1n) is 7.48. The van der Waals surface area contributed by atoms with Gasteiger partial charge in [0.2, 0.25) is 0 Å². The maximum atomic E-state index is 10.0. The third kappa shape index (κ3) is 2.74. The monoisotopic (exact) mass is 283 g/mol. The predicted molar refractivity (Wildman–Crippen MR) is 83.6 cm³/mol.